The number of carbonyl (C=O) groups is 1. The Morgan fingerprint density at radius 1 is 1.36 bits per heavy atom. The Hall–Kier alpha value is -2.37. The van der Waals surface area contributed by atoms with Gasteiger partial charge in [0.05, 0.1) is 31.4 Å². The second-order valence-corrected chi connectivity index (χ2v) is 5.53. The highest BCUT2D eigenvalue weighted by Crippen LogP contribution is 2.18. The number of nitrogens with zero attached hydrogens (tertiary/aromatic N) is 4. The van der Waals surface area contributed by atoms with Crippen LogP contribution in [0.3, 0.4) is 0 Å². The van der Waals surface area contributed by atoms with E-state index in [1.54, 1.807) is 12.4 Å². The molecule has 0 fully saturated rings. The normalized spacial score (nSPS) is 17.7. The Balaban J connectivity index is 1.71. The van der Waals surface area contributed by atoms with Crippen molar-refractivity contribution in [2.24, 2.45) is 5.92 Å². The van der Waals surface area contributed by atoms with Gasteiger partial charge >= 0.3 is 0 Å². The summed E-state index contributed by atoms with van der Waals surface area (Å²) in [6.07, 6.45) is 7.60. The van der Waals surface area contributed by atoms with Crippen molar-refractivity contribution in [2.75, 3.05) is 13.2 Å². The van der Waals surface area contributed by atoms with E-state index in [1.165, 1.54) is 0 Å². The number of hydrogen-bond donors (Lipinski definition) is 0. The molecule has 3 heterocycles. The molecule has 0 aliphatic carbocycles. The fraction of sp³-hybridized carbons (Fsp3) is 0.438. The minimum Gasteiger partial charge on any atom is -0.492 e. The van der Waals surface area contributed by atoms with Crippen LogP contribution in [0.5, 0.6) is 5.75 Å². The summed E-state index contributed by atoms with van der Waals surface area (Å²) in [4.78, 5) is 22.3. The van der Waals surface area contributed by atoms with Gasteiger partial charge in [0.25, 0.3) is 0 Å². The number of imidazole rings is 1. The van der Waals surface area contributed by atoms with Crippen molar-refractivity contribution in [1.29, 1.82) is 0 Å². The van der Waals surface area contributed by atoms with Gasteiger partial charge in [0, 0.05) is 37.8 Å². The Bertz CT molecular complexity index is 626. The van der Waals surface area contributed by atoms with Crippen molar-refractivity contribution in [1.82, 2.24) is 19.4 Å². The monoisotopic (exact) mass is 300 g/mol. The molecule has 0 saturated heterocycles. The predicted octanol–water partition coefficient (Wildman–Crippen LogP) is 1.73. The minimum atomic E-state index is 0.168. The van der Waals surface area contributed by atoms with Gasteiger partial charge < -0.3 is 14.2 Å². The van der Waals surface area contributed by atoms with Crippen LogP contribution in [0, 0.1) is 5.92 Å². The molecule has 2 aromatic heterocycles. The van der Waals surface area contributed by atoms with Gasteiger partial charge in [0.15, 0.2) is 0 Å². The van der Waals surface area contributed by atoms with Crippen LogP contribution in [0.25, 0.3) is 0 Å². The second-order valence-electron chi connectivity index (χ2n) is 5.53. The summed E-state index contributed by atoms with van der Waals surface area (Å²) < 4.78 is 7.93. The molecule has 0 bridgehead atoms. The summed E-state index contributed by atoms with van der Waals surface area (Å²) in [5.41, 5.74) is 1.07. The van der Waals surface area contributed by atoms with Gasteiger partial charge in [-0.2, -0.15) is 0 Å². The van der Waals surface area contributed by atoms with Crippen molar-refractivity contribution < 1.29 is 9.53 Å². The molecule has 0 radical (unpaired) electrons. The average Bonchev–Trinajstić information content (AvgIpc) is 2.91. The summed E-state index contributed by atoms with van der Waals surface area (Å²) in [5, 5.41) is 0. The molecule has 1 aliphatic rings. The van der Waals surface area contributed by atoms with Crippen molar-refractivity contribution in [3.05, 3.63) is 42.7 Å². The Morgan fingerprint density at radius 3 is 3.05 bits per heavy atom. The molecule has 22 heavy (non-hydrogen) atoms. The first kappa shape index (κ1) is 14.6. The van der Waals surface area contributed by atoms with Crippen LogP contribution < -0.4 is 4.74 Å². The van der Waals surface area contributed by atoms with E-state index in [4.69, 9.17) is 4.74 Å². The summed E-state index contributed by atoms with van der Waals surface area (Å²) in [5.74, 6) is 1.15. The van der Waals surface area contributed by atoms with Crippen LogP contribution in [0.1, 0.15) is 19.0 Å². The van der Waals surface area contributed by atoms with E-state index in [1.807, 2.05) is 36.5 Å². The average molecular weight is 300 g/mol. The van der Waals surface area contributed by atoms with E-state index in [0.717, 1.165) is 18.0 Å². The molecule has 6 heteroatoms. The van der Waals surface area contributed by atoms with E-state index >= 15 is 0 Å². The first-order chi connectivity index (χ1) is 10.8. The molecule has 1 atom stereocenters. The zero-order chi connectivity index (χ0) is 15.4. The standard InChI is InChI=1S/C16H20N4O2/c1-2-16(21)19-8-13(9-20-12-18-6-14(20)10-19)11-22-15-4-3-5-17-7-15/h3-7,12-13H,2,8-11H2,1H3/t13-/m0/s1. The highest BCUT2D eigenvalue weighted by Gasteiger charge is 2.24. The first-order valence-electron chi connectivity index (χ1n) is 7.56. The number of hydrogen-bond acceptors (Lipinski definition) is 4. The van der Waals surface area contributed by atoms with Crippen molar-refractivity contribution in [3.8, 4) is 5.75 Å². The fourth-order valence-corrected chi connectivity index (χ4v) is 2.72. The Morgan fingerprint density at radius 2 is 2.27 bits per heavy atom. The summed E-state index contributed by atoms with van der Waals surface area (Å²) in [6, 6.07) is 3.74. The SMILES string of the molecule is CCC(=O)N1Cc2cncn2C[C@@H](COc2cccnc2)C1. The lowest BCUT2D eigenvalue weighted by molar-refractivity contribution is -0.132. The maximum Gasteiger partial charge on any atom is 0.222 e. The molecule has 1 aliphatic heterocycles. The third-order valence-electron chi connectivity index (χ3n) is 3.86. The van der Waals surface area contributed by atoms with Crippen LogP contribution in [-0.2, 0) is 17.9 Å². The molecule has 1 amide bonds. The molecule has 0 unspecified atom stereocenters. The number of pyridine rings is 1. The van der Waals surface area contributed by atoms with Gasteiger partial charge in [-0.05, 0) is 12.1 Å². The van der Waals surface area contributed by atoms with Gasteiger partial charge in [0.2, 0.25) is 5.91 Å². The van der Waals surface area contributed by atoms with Gasteiger partial charge in [-0.1, -0.05) is 6.92 Å². The minimum absolute atomic E-state index is 0.168. The van der Waals surface area contributed by atoms with Gasteiger partial charge in [-0.25, -0.2) is 4.98 Å². The molecule has 0 saturated carbocycles. The third kappa shape index (κ3) is 3.27. The number of aromatic nitrogens is 3. The maximum absolute atomic E-state index is 12.1. The number of ether oxygens (including phenoxy) is 1. The molecule has 0 aromatic carbocycles. The highest BCUT2D eigenvalue weighted by atomic mass is 16.5. The topological polar surface area (TPSA) is 60.2 Å². The molecule has 116 valence electrons. The van der Waals surface area contributed by atoms with E-state index in [-0.39, 0.29) is 11.8 Å². The van der Waals surface area contributed by atoms with Crippen LogP contribution in [-0.4, -0.2) is 38.5 Å². The number of amides is 1. The van der Waals surface area contributed by atoms with Crippen LogP contribution in [0.15, 0.2) is 37.1 Å². The van der Waals surface area contributed by atoms with Gasteiger partial charge in [0.1, 0.15) is 5.75 Å². The molecule has 3 rings (SSSR count). The highest BCUT2D eigenvalue weighted by molar-refractivity contribution is 5.75. The van der Waals surface area contributed by atoms with Crippen LogP contribution >= 0.6 is 0 Å². The smallest absolute Gasteiger partial charge is 0.222 e. The third-order valence-corrected chi connectivity index (χ3v) is 3.86. The van der Waals surface area contributed by atoms with Crippen LogP contribution in [0.4, 0.5) is 0 Å². The Labute approximate surface area is 129 Å². The number of fused-ring (bicyclic) bond motifs is 1. The van der Waals surface area contributed by atoms with Gasteiger partial charge in [-0.3, -0.25) is 9.78 Å². The number of rotatable bonds is 4. The quantitative estimate of drug-likeness (QED) is 0.862. The maximum atomic E-state index is 12.1. The molecule has 2 aromatic rings. The zero-order valence-electron chi connectivity index (χ0n) is 12.7. The Kier molecular flexibility index (Phi) is 4.37. The van der Waals surface area contributed by atoms with Crippen molar-refractivity contribution >= 4 is 5.91 Å². The summed E-state index contributed by atoms with van der Waals surface area (Å²) in [7, 11) is 0. The molecule has 0 N–H and O–H groups in total. The second kappa shape index (κ2) is 6.60. The summed E-state index contributed by atoms with van der Waals surface area (Å²) >= 11 is 0. The fourth-order valence-electron chi connectivity index (χ4n) is 2.72. The summed E-state index contributed by atoms with van der Waals surface area (Å²) in [6.45, 7) is 4.58. The lowest BCUT2D eigenvalue weighted by atomic mass is 10.1. The largest absolute Gasteiger partial charge is 0.492 e. The van der Waals surface area contributed by atoms with Crippen molar-refractivity contribution in [2.45, 2.75) is 26.4 Å². The van der Waals surface area contributed by atoms with E-state index in [0.29, 0.717) is 26.1 Å². The van der Waals surface area contributed by atoms with E-state index in [2.05, 4.69) is 14.5 Å². The zero-order valence-corrected chi connectivity index (χ0v) is 12.7. The van der Waals surface area contributed by atoms with E-state index in [9.17, 15) is 4.79 Å². The lowest BCUT2D eigenvalue weighted by Gasteiger charge is -2.23. The van der Waals surface area contributed by atoms with Gasteiger partial charge in [-0.15, -0.1) is 0 Å². The van der Waals surface area contributed by atoms with E-state index < -0.39 is 0 Å². The predicted molar refractivity (Wildman–Crippen MR) is 81.2 cm³/mol. The molecule has 6 nitrogen and oxygen atoms in total. The molecule has 0 spiro atoms. The molecular formula is C16H20N4O2. The van der Waals surface area contributed by atoms with Crippen LogP contribution in [0.2, 0.25) is 0 Å². The molecular weight excluding hydrogens is 280 g/mol. The first-order valence-corrected chi connectivity index (χ1v) is 7.56. The lowest BCUT2D eigenvalue weighted by Crippen LogP contribution is -2.35. The van der Waals surface area contributed by atoms with Crippen molar-refractivity contribution in [3.63, 3.8) is 0 Å². The number of carbonyl (C=O) groups excluding carboxylic acids is 1.